The normalized spacial score (nSPS) is 13.9. The molecule has 3 rings (SSSR count). The summed E-state index contributed by atoms with van der Waals surface area (Å²) < 4.78 is 16.5. The largest absolute Gasteiger partial charge is 0.492 e. The van der Waals surface area contributed by atoms with E-state index in [1.54, 1.807) is 18.2 Å². The van der Waals surface area contributed by atoms with Crippen LogP contribution < -0.4 is 19.5 Å². The van der Waals surface area contributed by atoms with E-state index >= 15 is 0 Å². The molecular formula is C19H20ClNO4. The number of carbonyl (C=O) groups excluding carboxylic acids is 1. The van der Waals surface area contributed by atoms with Crippen molar-refractivity contribution in [1.82, 2.24) is 5.32 Å². The average molecular weight is 362 g/mol. The fourth-order valence-corrected chi connectivity index (χ4v) is 2.84. The van der Waals surface area contributed by atoms with Crippen LogP contribution in [0.2, 0.25) is 5.02 Å². The van der Waals surface area contributed by atoms with Crippen LogP contribution in [0.1, 0.15) is 35.8 Å². The number of rotatable bonds is 5. The number of nitrogens with one attached hydrogen (secondary N) is 1. The highest BCUT2D eigenvalue weighted by atomic mass is 35.5. The Kier molecular flexibility index (Phi) is 5.34. The van der Waals surface area contributed by atoms with Crippen molar-refractivity contribution in [2.24, 2.45) is 0 Å². The Morgan fingerprint density at radius 1 is 1.20 bits per heavy atom. The van der Waals surface area contributed by atoms with Crippen molar-refractivity contribution >= 4 is 17.5 Å². The van der Waals surface area contributed by atoms with Crippen molar-refractivity contribution in [3.05, 3.63) is 52.5 Å². The molecule has 0 aromatic heterocycles. The Balaban J connectivity index is 1.71. The number of benzene rings is 2. The number of amides is 1. The summed E-state index contributed by atoms with van der Waals surface area (Å²) >= 11 is 6.15. The highest BCUT2D eigenvalue weighted by molar-refractivity contribution is 6.32. The smallest absolute Gasteiger partial charge is 0.251 e. The molecule has 6 heteroatoms. The molecule has 0 aliphatic carbocycles. The average Bonchev–Trinajstić information content (AvgIpc) is 2.63. The van der Waals surface area contributed by atoms with Gasteiger partial charge in [0.1, 0.15) is 19.0 Å². The minimum Gasteiger partial charge on any atom is -0.492 e. The Hall–Kier alpha value is -2.40. The molecule has 0 saturated carbocycles. The summed E-state index contributed by atoms with van der Waals surface area (Å²) in [5, 5.41) is 3.38. The molecule has 1 heterocycles. The Labute approximate surface area is 151 Å². The predicted octanol–water partition coefficient (Wildman–Crippen LogP) is 4.00. The lowest BCUT2D eigenvalue weighted by atomic mass is 10.1. The van der Waals surface area contributed by atoms with Gasteiger partial charge in [0.05, 0.1) is 17.7 Å². The van der Waals surface area contributed by atoms with E-state index in [4.69, 9.17) is 25.8 Å². The second kappa shape index (κ2) is 7.66. The van der Waals surface area contributed by atoms with Crippen LogP contribution in [0.25, 0.3) is 0 Å². The van der Waals surface area contributed by atoms with Crippen molar-refractivity contribution in [1.29, 1.82) is 0 Å². The third-order valence-corrected chi connectivity index (χ3v) is 4.20. The third kappa shape index (κ3) is 3.99. The summed E-state index contributed by atoms with van der Waals surface area (Å²) in [6.07, 6.45) is 0. The first-order valence-electron chi connectivity index (χ1n) is 8.21. The quantitative estimate of drug-likeness (QED) is 0.874. The van der Waals surface area contributed by atoms with Gasteiger partial charge in [0.2, 0.25) is 0 Å². The fraction of sp³-hybridized carbons (Fsp3) is 0.316. The minimum absolute atomic E-state index is 0.186. The first-order valence-corrected chi connectivity index (χ1v) is 8.59. The van der Waals surface area contributed by atoms with E-state index in [0.717, 1.165) is 11.3 Å². The lowest BCUT2D eigenvalue weighted by Crippen LogP contribution is -2.26. The van der Waals surface area contributed by atoms with Gasteiger partial charge in [-0.3, -0.25) is 4.79 Å². The van der Waals surface area contributed by atoms with Crippen LogP contribution in [0.15, 0.2) is 36.4 Å². The van der Waals surface area contributed by atoms with E-state index < -0.39 is 0 Å². The zero-order valence-corrected chi connectivity index (χ0v) is 14.9. The maximum absolute atomic E-state index is 12.5. The third-order valence-electron chi connectivity index (χ3n) is 3.91. The summed E-state index contributed by atoms with van der Waals surface area (Å²) in [7, 11) is 0. The summed E-state index contributed by atoms with van der Waals surface area (Å²) in [6, 6.07) is 10.5. The van der Waals surface area contributed by atoms with Crippen LogP contribution in [0, 0.1) is 0 Å². The summed E-state index contributed by atoms with van der Waals surface area (Å²) in [4.78, 5) is 12.5. The van der Waals surface area contributed by atoms with Crippen LogP contribution in [0.5, 0.6) is 17.2 Å². The fourth-order valence-electron chi connectivity index (χ4n) is 2.61. The molecule has 1 amide bonds. The molecule has 2 aromatic carbocycles. The zero-order chi connectivity index (χ0) is 17.8. The molecule has 2 aromatic rings. The Morgan fingerprint density at radius 3 is 2.68 bits per heavy atom. The van der Waals surface area contributed by atoms with Crippen molar-refractivity contribution in [3.8, 4) is 17.2 Å². The highest BCUT2D eigenvalue weighted by Crippen LogP contribution is 2.32. The maximum Gasteiger partial charge on any atom is 0.251 e. The number of hydrogen-bond acceptors (Lipinski definition) is 4. The number of ether oxygens (including phenoxy) is 3. The first-order chi connectivity index (χ1) is 12.1. The van der Waals surface area contributed by atoms with Gasteiger partial charge < -0.3 is 19.5 Å². The molecule has 0 fully saturated rings. The molecule has 1 atom stereocenters. The number of carbonyl (C=O) groups is 1. The van der Waals surface area contributed by atoms with Crippen LogP contribution >= 0.6 is 11.6 Å². The summed E-state index contributed by atoms with van der Waals surface area (Å²) in [5.74, 6) is 1.80. The molecule has 5 nitrogen and oxygen atoms in total. The molecule has 25 heavy (non-hydrogen) atoms. The van der Waals surface area contributed by atoms with Gasteiger partial charge in [-0.15, -0.1) is 0 Å². The van der Waals surface area contributed by atoms with E-state index in [1.807, 2.05) is 32.0 Å². The first kappa shape index (κ1) is 17.4. The van der Waals surface area contributed by atoms with Gasteiger partial charge in [0.15, 0.2) is 11.5 Å². The van der Waals surface area contributed by atoms with Gasteiger partial charge in [0, 0.05) is 5.56 Å². The number of halogens is 1. The van der Waals surface area contributed by atoms with Crippen molar-refractivity contribution in [2.75, 3.05) is 19.8 Å². The molecule has 1 aliphatic rings. The highest BCUT2D eigenvalue weighted by Gasteiger charge is 2.17. The lowest BCUT2D eigenvalue weighted by molar-refractivity contribution is 0.0939. The lowest BCUT2D eigenvalue weighted by Gasteiger charge is -2.21. The monoisotopic (exact) mass is 361 g/mol. The van der Waals surface area contributed by atoms with Crippen LogP contribution in [0.3, 0.4) is 0 Å². The second-order valence-corrected chi connectivity index (χ2v) is 6.08. The number of fused-ring (bicyclic) bond motifs is 1. The van der Waals surface area contributed by atoms with Crippen molar-refractivity contribution in [3.63, 3.8) is 0 Å². The summed E-state index contributed by atoms with van der Waals surface area (Å²) in [5.41, 5.74) is 1.42. The Morgan fingerprint density at radius 2 is 1.96 bits per heavy atom. The zero-order valence-electron chi connectivity index (χ0n) is 14.2. The van der Waals surface area contributed by atoms with Crippen molar-refractivity contribution in [2.45, 2.75) is 19.9 Å². The molecule has 0 bridgehead atoms. The van der Waals surface area contributed by atoms with Crippen LogP contribution in [-0.4, -0.2) is 25.7 Å². The summed E-state index contributed by atoms with van der Waals surface area (Å²) in [6.45, 7) is 5.40. The van der Waals surface area contributed by atoms with Gasteiger partial charge in [-0.05, 0) is 49.7 Å². The van der Waals surface area contributed by atoms with E-state index in [-0.39, 0.29) is 11.9 Å². The second-order valence-electron chi connectivity index (χ2n) is 5.68. The van der Waals surface area contributed by atoms with E-state index in [1.165, 1.54) is 0 Å². The standard InChI is InChI=1S/C19H20ClNO4/c1-3-23-16-6-5-14(10-15(16)20)19(22)21-12(2)13-4-7-17-18(11-13)25-9-8-24-17/h4-7,10-12H,3,8-9H2,1-2H3,(H,21,22)/t12-/m1/s1. The molecule has 1 N–H and O–H groups in total. The Bertz CT molecular complexity index is 778. The SMILES string of the molecule is CCOc1ccc(C(=O)N[C@H](C)c2ccc3c(c2)OCCO3)cc1Cl. The van der Waals surface area contributed by atoms with Gasteiger partial charge in [0.25, 0.3) is 5.91 Å². The number of hydrogen-bond donors (Lipinski definition) is 1. The van der Waals surface area contributed by atoms with Crippen molar-refractivity contribution < 1.29 is 19.0 Å². The molecular weight excluding hydrogens is 342 g/mol. The minimum atomic E-state index is -0.202. The van der Waals surface area contributed by atoms with E-state index in [2.05, 4.69) is 5.32 Å². The molecule has 1 aliphatic heterocycles. The molecule has 132 valence electrons. The topological polar surface area (TPSA) is 56.8 Å². The van der Waals surface area contributed by atoms with Crippen LogP contribution in [-0.2, 0) is 0 Å². The maximum atomic E-state index is 12.5. The van der Waals surface area contributed by atoms with Crippen LogP contribution in [0.4, 0.5) is 0 Å². The molecule has 0 unspecified atom stereocenters. The predicted molar refractivity (Wildman–Crippen MR) is 95.9 cm³/mol. The van der Waals surface area contributed by atoms with E-state index in [9.17, 15) is 4.79 Å². The van der Waals surface area contributed by atoms with E-state index in [0.29, 0.717) is 41.9 Å². The van der Waals surface area contributed by atoms with Gasteiger partial charge in [-0.1, -0.05) is 17.7 Å². The molecule has 0 spiro atoms. The van der Waals surface area contributed by atoms with Gasteiger partial charge in [-0.25, -0.2) is 0 Å². The molecule has 0 saturated heterocycles. The van der Waals surface area contributed by atoms with Gasteiger partial charge in [-0.2, -0.15) is 0 Å². The molecule has 0 radical (unpaired) electrons. The van der Waals surface area contributed by atoms with Gasteiger partial charge >= 0.3 is 0 Å².